The van der Waals surface area contributed by atoms with Gasteiger partial charge in [-0.15, -0.1) is 12.4 Å². The summed E-state index contributed by atoms with van der Waals surface area (Å²) in [4.78, 5) is 14.1. The molecule has 1 aliphatic rings. The van der Waals surface area contributed by atoms with Crippen LogP contribution < -0.4 is 5.32 Å². The maximum atomic E-state index is 12.3. The molecule has 1 heterocycles. The molecule has 1 aromatic carbocycles. The molecule has 0 bridgehead atoms. The van der Waals surface area contributed by atoms with Gasteiger partial charge in [0.1, 0.15) is 0 Å². The van der Waals surface area contributed by atoms with Crippen LogP contribution in [0, 0.1) is 0 Å². The molecule has 1 saturated heterocycles. The Morgan fingerprint density at radius 1 is 1.33 bits per heavy atom. The fraction of sp³-hybridized carbons (Fsp3) is 0.417. The summed E-state index contributed by atoms with van der Waals surface area (Å²) in [5.41, 5.74) is 0.580. The molecule has 0 radical (unpaired) electrons. The van der Waals surface area contributed by atoms with Crippen LogP contribution in [0.2, 0.25) is 5.02 Å². The third-order valence-corrected chi connectivity index (χ3v) is 3.59. The predicted molar refractivity (Wildman–Crippen MR) is 79.8 cm³/mol. The Balaban J connectivity index is 0.00000162. The zero-order valence-corrected chi connectivity index (χ0v) is 12.9. The van der Waals surface area contributed by atoms with Crippen molar-refractivity contribution in [2.75, 3.05) is 26.2 Å². The highest BCUT2D eigenvalue weighted by Crippen LogP contribution is 2.22. The minimum atomic E-state index is 0. The molecule has 2 rings (SSSR count). The number of nitrogens with one attached hydrogen (secondary N) is 1. The topological polar surface area (TPSA) is 32.3 Å². The highest BCUT2D eigenvalue weighted by atomic mass is 79.9. The van der Waals surface area contributed by atoms with Gasteiger partial charge in [0.25, 0.3) is 5.91 Å². The molecular weight excluding hydrogens is 339 g/mol. The number of rotatable bonds is 1. The minimum Gasteiger partial charge on any atom is -0.337 e. The summed E-state index contributed by atoms with van der Waals surface area (Å²) in [5.74, 6) is 0.0196. The molecule has 100 valence electrons. The number of hydrogen-bond acceptors (Lipinski definition) is 2. The van der Waals surface area contributed by atoms with E-state index in [9.17, 15) is 4.79 Å². The maximum Gasteiger partial charge on any atom is 0.255 e. The Labute approximate surface area is 126 Å². The summed E-state index contributed by atoms with van der Waals surface area (Å²) in [6.45, 7) is 3.35. The van der Waals surface area contributed by atoms with Crippen molar-refractivity contribution in [1.82, 2.24) is 10.2 Å². The van der Waals surface area contributed by atoms with Gasteiger partial charge in [-0.2, -0.15) is 0 Å². The van der Waals surface area contributed by atoms with Gasteiger partial charge in [0, 0.05) is 24.1 Å². The summed E-state index contributed by atoms with van der Waals surface area (Å²) in [6, 6.07) is 5.37. The summed E-state index contributed by atoms with van der Waals surface area (Å²) < 4.78 is 0.886. The zero-order valence-electron chi connectivity index (χ0n) is 9.79. The maximum absolute atomic E-state index is 12.3. The van der Waals surface area contributed by atoms with Crippen LogP contribution in [0.3, 0.4) is 0 Å². The number of halogens is 3. The first kappa shape index (κ1) is 15.8. The first-order valence-corrected chi connectivity index (χ1v) is 6.80. The number of carbonyl (C=O) groups excluding carboxylic acids is 1. The van der Waals surface area contributed by atoms with Crippen molar-refractivity contribution in [3.8, 4) is 0 Å². The lowest BCUT2D eigenvalue weighted by Crippen LogP contribution is -2.34. The van der Waals surface area contributed by atoms with E-state index in [4.69, 9.17) is 11.6 Å². The minimum absolute atomic E-state index is 0. The number of carbonyl (C=O) groups is 1. The lowest BCUT2D eigenvalue weighted by Gasteiger charge is -2.20. The van der Waals surface area contributed by atoms with Crippen LogP contribution in [-0.4, -0.2) is 37.0 Å². The third kappa shape index (κ3) is 3.85. The summed E-state index contributed by atoms with van der Waals surface area (Å²) in [7, 11) is 0. The second kappa shape index (κ2) is 7.34. The second-order valence-corrected chi connectivity index (χ2v) is 5.34. The van der Waals surface area contributed by atoms with E-state index in [1.165, 1.54) is 0 Å². The van der Waals surface area contributed by atoms with Crippen LogP contribution in [-0.2, 0) is 0 Å². The zero-order chi connectivity index (χ0) is 12.3. The van der Waals surface area contributed by atoms with Crippen LogP contribution in [0.15, 0.2) is 22.7 Å². The molecule has 1 aliphatic heterocycles. The van der Waals surface area contributed by atoms with E-state index in [1.54, 1.807) is 12.1 Å². The quantitative estimate of drug-likeness (QED) is 0.841. The first-order chi connectivity index (χ1) is 8.18. The van der Waals surface area contributed by atoms with E-state index >= 15 is 0 Å². The molecule has 0 aliphatic carbocycles. The third-order valence-electron chi connectivity index (χ3n) is 2.79. The van der Waals surface area contributed by atoms with Gasteiger partial charge in [0.15, 0.2) is 0 Å². The monoisotopic (exact) mass is 352 g/mol. The molecular formula is C12H15BrCl2N2O. The molecule has 0 atom stereocenters. The molecule has 3 nitrogen and oxygen atoms in total. The summed E-state index contributed by atoms with van der Waals surface area (Å²) in [6.07, 6.45) is 0.986. The van der Waals surface area contributed by atoms with Gasteiger partial charge in [-0.25, -0.2) is 0 Å². The Morgan fingerprint density at radius 3 is 2.83 bits per heavy atom. The normalized spacial score (nSPS) is 15.8. The molecule has 18 heavy (non-hydrogen) atoms. The number of nitrogens with zero attached hydrogens (tertiary/aromatic N) is 1. The lowest BCUT2D eigenvalue weighted by molar-refractivity contribution is 0.0766. The van der Waals surface area contributed by atoms with Crippen LogP contribution >= 0.6 is 39.9 Å². The average molecular weight is 354 g/mol. The van der Waals surface area contributed by atoms with Crippen molar-refractivity contribution in [2.45, 2.75) is 6.42 Å². The molecule has 6 heteroatoms. The standard InChI is InChI=1S/C12H14BrClN2O.ClH/c13-9-2-3-10(11(14)8-9)12(17)16-6-1-4-15-5-7-16;/h2-3,8,15H,1,4-7H2;1H. The Kier molecular flexibility index (Phi) is 6.43. The van der Waals surface area contributed by atoms with Crippen LogP contribution in [0.5, 0.6) is 0 Å². The molecule has 0 saturated carbocycles. The van der Waals surface area contributed by atoms with Crippen molar-refractivity contribution in [3.05, 3.63) is 33.3 Å². The molecule has 1 amide bonds. The Hall–Kier alpha value is -0.290. The van der Waals surface area contributed by atoms with Gasteiger partial charge in [-0.05, 0) is 31.2 Å². The molecule has 1 N–H and O–H groups in total. The van der Waals surface area contributed by atoms with Gasteiger partial charge in [-0.3, -0.25) is 4.79 Å². The molecule has 0 spiro atoms. The highest BCUT2D eigenvalue weighted by molar-refractivity contribution is 9.10. The Bertz CT molecular complexity index is 421. The van der Waals surface area contributed by atoms with Crippen LogP contribution in [0.25, 0.3) is 0 Å². The van der Waals surface area contributed by atoms with Crippen molar-refractivity contribution < 1.29 is 4.79 Å². The number of hydrogen-bond donors (Lipinski definition) is 1. The fourth-order valence-corrected chi connectivity index (χ4v) is 2.64. The van der Waals surface area contributed by atoms with Crippen LogP contribution in [0.1, 0.15) is 16.8 Å². The SMILES string of the molecule is Cl.O=C(c1ccc(Br)cc1Cl)N1CCCNCC1. The van der Waals surface area contributed by atoms with Gasteiger partial charge in [0.2, 0.25) is 0 Å². The number of benzene rings is 1. The lowest BCUT2D eigenvalue weighted by atomic mass is 10.2. The van der Waals surface area contributed by atoms with Gasteiger partial charge in [-0.1, -0.05) is 27.5 Å². The van der Waals surface area contributed by atoms with E-state index in [0.717, 1.165) is 37.1 Å². The van der Waals surface area contributed by atoms with E-state index < -0.39 is 0 Å². The van der Waals surface area contributed by atoms with E-state index in [1.807, 2.05) is 11.0 Å². The molecule has 1 fully saturated rings. The summed E-state index contributed by atoms with van der Waals surface area (Å²) in [5, 5.41) is 3.77. The first-order valence-electron chi connectivity index (χ1n) is 5.63. The van der Waals surface area contributed by atoms with E-state index in [0.29, 0.717) is 10.6 Å². The van der Waals surface area contributed by atoms with Gasteiger partial charge in [0.05, 0.1) is 10.6 Å². The smallest absolute Gasteiger partial charge is 0.255 e. The number of amides is 1. The van der Waals surface area contributed by atoms with Gasteiger partial charge < -0.3 is 10.2 Å². The van der Waals surface area contributed by atoms with Crippen LogP contribution in [0.4, 0.5) is 0 Å². The molecule has 0 unspecified atom stereocenters. The highest BCUT2D eigenvalue weighted by Gasteiger charge is 2.19. The molecule has 0 aromatic heterocycles. The van der Waals surface area contributed by atoms with Crippen molar-refractivity contribution in [2.24, 2.45) is 0 Å². The fourth-order valence-electron chi connectivity index (χ4n) is 1.88. The van der Waals surface area contributed by atoms with Gasteiger partial charge >= 0.3 is 0 Å². The largest absolute Gasteiger partial charge is 0.337 e. The average Bonchev–Trinajstić information content (AvgIpc) is 2.56. The predicted octanol–water partition coefficient (Wildman–Crippen LogP) is 2.96. The van der Waals surface area contributed by atoms with E-state index in [-0.39, 0.29) is 18.3 Å². The van der Waals surface area contributed by atoms with Crippen molar-refractivity contribution in [3.63, 3.8) is 0 Å². The molecule has 1 aromatic rings. The second-order valence-electron chi connectivity index (χ2n) is 4.02. The Morgan fingerprint density at radius 2 is 2.11 bits per heavy atom. The van der Waals surface area contributed by atoms with Crippen molar-refractivity contribution in [1.29, 1.82) is 0 Å². The van der Waals surface area contributed by atoms with E-state index in [2.05, 4.69) is 21.2 Å². The summed E-state index contributed by atoms with van der Waals surface area (Å²) >= 11 is 9.43. The van der Waals surface area contributed by atoms with Crippen molar-refractivity contribution >= 4 is 45.8 Å².